The highest BCUT2D eigenvalue weighted by molar-refractivity contribution is 5.79. The third-order valence-corrected chi connectivity index (χ3v) is 5.29. The van der Waals surface area contributed by atoms with Crippen LogP contribution in [0.5, 0.6) is 0 Å². The number of rotatable bonds is 5. The van der Waals surface area contributed by atoms with E-state index in [1.54, 1.807) is 0 Å². The van der Waals surface area contributed by atoms with Crippen molar-refractivity contribution < 1.29 is 9.90 Å². The SMILES string of the molecule is CN(C)CC1CN(C(=O)Cc2ccccc2)CCC1(O)c1ccccc1. The minimum atomic E-state index is -0.894. The van der Waals surface area contributed by atoms with Gasteiger partial charge in [0.05, 0.1) is 12.0 Å². The van der Waals surface area contributed by atoms with E-state index >= 15 is 0 Å². The molecule has 1 N–H and O–H groups in total. The first-order valence-corrected chi connectivity index (χ1v) is 9.23. The van der Waals surface area contributed by atoms with E-state index in [1.807, 2.05) is 79.7 Å². The molecule has 1 fully saturated rings. The molecule has 0 spiro atoms. The van der Waals surface area contributed by atoms with Gasteiger partial charge in [-0.1, -0.05) is 60.7 Å². The highest BCUT2D eigenvalue weighted by Crippen LogP contribution is 2.37. The van der Waals surface area contributed by atoms with E-state index in [1.165, 1.54) is 0 Å². The molecule has 4 heteroatoms. The summed E-state index contributed by atoms with van der Waals surface area (Å²) in [7, 11) is 4.02. The van der Waals surface area contributed by atoms with E-state index in [0.29, 0.717) is 25.9 Å². The van der Waals surface area contributed by atoms with E-state index < -0.39 is 5.60 Å². The van der Waals surface area contributed by atoms with Crippen LogP contribution in [0.4, 0.5) is 0 Å². The number of amides is 1. The summed E-state index contributed by atoms with van der Waals surface area (Å²) in [5, 5.41) is 11.5. The molecule has 1 saturated heterocycles. The Morgan fingerprint density at radius 3 is 2.35 bits per heavy atom. The third-order valence-electron chi connectivity index (χ3n) is 5.29. The van der Waals surface area contributed by atoms with Gasteiger partial charge in [-0.3, -0.25) is 4.79 Å². The third kappa shape index (κ3) is 4.14. The Labute approximate surface area is 156 Å². The molecule has 1 amide bonds. The highest BCUT2D eigenvalue weighted by Gasteiger charge is 2.43. The minimum Gasteiger partial charge on any atom is -0.385 e. The average Bonchev–Trinajstić information content (AvgIpc) is 2.64. The van der Waals surface area contributed by atoms with E-state index in [2.05, 4.69) is 4.90 Å². The molecule has 1 aliphatic heterocycles. The van der Waals surface area contributed by atoms with E-state index in [4.69, 9.17) is 0 Å². The molecule has 0 radical (unpaired) electrons. The zero-order chi connectivity index (χ0) is 18.6. The van der Waals surface area contributed by atoms with Crippen LogP contribution in [0.15, 0.2) is 60.7 Å². The number of likely N-dealkylation sites (tertiary alicyclic amines) is 1. The predicted molar refractivity (Wildman–Crippen MR) is 104 cm³/mol. The van der Waals surface area contributed by atoms with Crippen LogP contribution in [0.3, 0.4) is 0 Å². The number of carbonyl (C=O) groups excluding carboxylic acids is 1. The topological polar surface area (TPSA) is 43.8 Å². The van der Waals surface area contributed by atoms with E-state index in [-0.39, 0.29) is 11.8 Å². The maximum atomic E-state index is 12.8. The molecular weight excluding hydrogens is 324 g/mol. The Balaban J connectivity index is 1.76. The van der Waals surface area contributed by atoms with Crippen molar-refractivity contribution in [3.05, 3.63) is 71.8 Å². The van der Waals surface area contributed by atoms with Gasteiger partial charge >= 0.3 is 0 Å². The first kappa shape index (κ1) is 18.6. The number of hydrogen-bond donors (Lipinski definition) is 1. The lowest BCUT2D eigenvalue weighted by atomic mass is 9.75. The highest BCUT2D eigenvalue weighted by atomic mass is 16.3. The first-order chi connectivity index (χ1) is 12.5. The zero-order valence-electron chi connectivity index (χ0n) is 15.6. The van der Waals surface area contributed by atoms with Gasteiger partial charge in [-0.15, -0.1) is 0 Å². The molecule has 0 bridgehead atoms. The minimum absolute atomic E-state index is 0.0200. The van der Waals surface area contributed by atoms with Gasteiger partial charge in [-0.2, -0.15) is 0 Å². The van der Waals surface area contributed by atoms with Crippen molar-refractivity contribution in [2.45, 2.75) is 18.4 Å². The van der Waals surface area contributed by atoms with Crippen LogP contribution in [0.1, 0.15) is 17.5 Å². The van der Waals surface area contributed by atoms with Crippen LogP contribution in [0.25, 0.3) is 0 Å². The number of nitrogens with zero attached hydrogens (tertiary/aromatic N) is 2. The molecule has 2 aromatic rings. The molecule has 0 aromatic heterocycles. The lowest BCUT2D eigenvalue weighted by Gasteiger charge is -2.46. The summed E-state index contributed by atoms with van der Waals surface area (Å²) in [6, 6.07) is 19.7. The van der Waals surface area contributed by atoms with Crippen LogP contribution in [-0.2, 0) is 16.8 Å². The summed E-state index contributed by atoms with van der Waals surface area (Å²) in [5.74, 6) is 0.114. The molecule has 1 heterocycles. The van der Waals surface area contributed by atoms with Crippen LogP contribution < -0.4 is 0 Å². The molecule has 4 nitrogen and oxygen atoms in total. The van der Waals surface area contributed by atoms with Crippen molar-refractivity contribution in [3.63, 3.8) is 0 Å². The number of carbonyl (C=O) groups is 1. The van der Waals surface area contributed by atoms with Gasteiger partial charge in [0.15, 0.2) is 0 Å². The second-order valence-electron chi connectivity index (χ2n) is 7.50. The van der Waals surface area contributed by atoms with Gasteiger partial charge in [0.1, 0.15) is 0 Å². The van der Waals surface area contributed by atoms with Gasteiger partial charge in [0, 0.05) is 25.6 Å². The fraction of sp³-hybridized carbons (Fsp3) is 0.409. The second kappa shape index (κ2) is 8.02. The smallest absolute Gasteiger partial charge is 0.227 e. The summed E-state index contributed by atoms with van der Waals surface area (Å²) >= 11 is 0. The van der Waals surface area contributed by atoms with Crippen molar-refractivity contribution in [1.29, 1.82) is 0 Å². The van der Waals surface area contributed by atoms with Crippen LogP contribution >= 0.6 is 0 Å². The number of benzene rings is 2. The monoisotopic (exact) mass is 352 g/mol. The van der Waals surface area contributed by atoms with Crippen molar-refractivity contribution >= 4 is 5.91 Å². The molecule has 0 saturated carbocycles. The number of piperidine rings is 1. The standard InChI is InChI=1S/C22H28N2O2/c1-23(2)16-20-17-24(21(25)15-18-9-5-3-6-10-18)14-13-22(20,26)19-11-7-4-8-12-19/h3-12,20,26H,13-17H2,1-2H3. The summed E-state index contributed by atoms with van der Waals surface area (Å²) in [6.07, 6.45) is 0.981. The Kier molecular flexibility index (Phi) is 5.74. The lowest BCUT2D eigenvalue weighted by molar-refractivity contribution is -0.141. The molecule has 2 aromatic carbocycles. The predicted octanol–water partition coefficient (Wildman–Crippen LogP) is 2.53. The van der Waals surface area contributed by atoms with Crippen molar-refractivity contribution in [3.8, 4) is 0 Å². The van der Waals surface area contributed by atoms with Crippen LogP contribution in [-0.4, -0.2) is 54.5 Å². The van der Waals surface area contributed by atoms with Crippen LogP contribution in [0.2, 0.25) is 0 Å². The first-order valence-electron chi connectivity index (χ1n) is 9.23. The molecule has 26 heavy (non-hydrogen) atoms. The van der Waals surface area contributed by atoms with Gasteiger partial charge in [0.2, 0.25) is 5.91 Å². The maximum Gasteiger partial charge on any atom is 0.227 e. The summed E-state index contributed by atoms with van der Waals surface area (Å²) in [5.41, 5.74) is 1.09. The maximum absolute atomic E-state index is 12.8. The summed E-state index contributed by atoms with van der Waals surface area (Å²) in [4.78, 5) is 16.8. The van der Waals surface area contributed by atoms with Crippen molar-refractivity contribution in [2.24, 2.45) is 5.92 Å². The molecule has 0 aliphatic carbocycles. The van der Waals surface area contributed by atoms with Gasteiger partial charge in [-0.05, 0) is 31.6 Å². The van der Waals surface area contributed by atoms with Crippen LogP contribution in [0, 0.1) is 5.92 Å². The Morgan fingerprint density at radius 2 is 1.73 bits per heavy atom. The zero-order valence-corrected chi connectivity index (χ0v) is 15.6. The molecule has 2 atom stereocenters. The molecule has 1 aliphatic rings. The average molecular weight is 352 g/mol. The molecule has 138 valence electrons. The Bertz CT molecular complexity index is 717. The Hall–Kier alpha value is -2.17. The Morgan fingerprint density at radius 1 is 1.12 bits per heavy atom. The van der Waals surface area contributed by atoms with Gasteiger partial charge < -0.3 is 14.9 Å². The quantitative estimate of drug-likeness (QED) is 0.899. The van der Waals surface area contributed by atoms with E-state index in [9.17, 15) is 9.90 Å². The van der Waals surface area contributed by atoms with Crippen molar-refractivity contribution in [1.82, 2.24) is 9.80 Å². The van der Waals surface area contributed by atoms with Gasteiger partial charge in [-0.25, -0.2) is 0 Å². The second-order valence-corrected chi connectivity index (χ2v) is 7.50. The summed E-state index contributed by atoms with van der Waals surface area (Å²) in [6.45, 7) is 1.90. The molecular formula is C22H28N2O2. The largest absolute Gasteiger partial charge is 0.385 e. The number of hydrogen-bond acceptors (Lipinski definition) is 3. The van der Waals surface area contributed by atoms with Gasteiger partial charge in [0.25, 0.3) is 0 Å². The van der Waals surface area contributed by atoms with Crippen molar-refractivity contribution in [2.75, 3.05) is 33.7 Å². The molecule has 3 rings (SSSR count). The molecule has 2 unspecified atom stereocenters. The fourth-order valence-electron chi connectivity index (χ4n) is 3.88. The number of aliphatic hydroxyl groups is 1. The lowest BCUT2D eigenvalue weighted by Crippen LogP contribution is -2.54. The normalized spacial score (nSPS) is 23.2. The fourth-order valence-corrected chi connectivity index (χ4v) is 3.88. The van der Waals surface area contributed by atoms with E-state index in [0.717, 1.165) is 17.7 Å². The summed E-state index contributed by atoms with van der Waals surface area (Å²) < 4.78 is 0.